The fourth-order valence-electron chi connectivity index (χ4n) is 2.08. The van der Waals surface area contributed by atoms with Crippen LogP contribution < -0.4 is 10.1 Å². The second-order valence-electron chi connectivity index (χ2n) is 4.36. The molecule has 1 aromatic heterocycles. The lowest BCUT2D eigenvalue weighted by atomic mass is 10.3. The quantitative estimate of drug-likeness (QED) is 0.926. The van der Waals surface area contributed by atoms with Crippen molar-refractivity contribution in [1.29, 1.82) is 0 Å². The van der Waals surface area contributed by atoms with Gasteiger partial charge in [0.25, 0.3) is 0 Å². The molecule has 1 unspecified atom stereocenters. The Morgan fingerprint density at radius 2 is 2.11 bits per heavy atom. The minimum Gasteiger partial charge on any atom is -0.454 e. The summed E-state index contributed by atoms with van der Waals surface area (Å²) in [5.41, 5.74) is 0. The van der Waals surface area contributed by atoms with E-state index in [1.807, 2.05) is 35.1 Å². The van der Waals surface area contributed by atoms with Crippen LogP contribution in [0.25, 0.3) is 0 Å². The molecule has 5 heteroatoms. The van der Waals surface area contributed by atoms with E-state index in [9.17, 15) is 0 Å². The maximum Gasteiger partial charge on any atom is 0.165 e. The third kappa shape index (κ3) is 2.49. The molecule has 0 amide bonds. The van der Waals surface area contributed by atoms with Crippen molar-refractivity contribution >= 4 is 11.6 Å². The van der Waals surface area contributed by atoms with Gasteiger partial charge in [-0.3, -0.25) is 4.68 Å². The molecule has 1 aliphatic heterocycles. The van der Waals surface area contributed by atoms with Gasteiger partial charge in [0.2, 0.25) is 0 Å². The Morgan fingerprint density at radius 1 is 1.28 bits per heavy atom. The van der Waals surface area contributed by atoms with Gasteiger partial charge in [0.15, 0.2) is 5.75 Å². The van der Waals surface area contributed by atoms with E-state index >= 15 is 0 Å². The molecule has 2 heterocycles. The van der Waals surface area contributed by atoms with Crippen LogP contribution in [-0.4, -0.2) is 22.9 Å². The summed E-state index contributed by atoms with van der Waals surface area (Å²) >= 11 is 5.83. The molecule has 1 N–H and O–H groups in total. The highest BCUT2D eigenvalue weighted by atomic mass is 35.5. The minimum atomic E-state index is 0.438. The zero-order valence-corrected chi connectivity index (χ0v) is 10.6. The van der Waals surface area contributed by atoms with Crippen LogP contribution in [0.5, 0.6) is 11.5 Å². The predicted molar refractivity (Wildman–Crippen MR) is 70.3 cm³/mol. The van der Waals surface area contributed by atoms with Crippen molar-refractivity contribution < 1.29 is 4.74 Å². The highest BCUT2D eigenvalue weighted by molar-refractivity contribution is 6.30. The van der Waals surface area contributed by atoms with Crippen LogP contribution in [0.4, 0.5) is 0 Å². The van der Waals surface area contributed by atoms with Gasteiger partial charge in [0, 0.05) is 11.6 Å². The number of nitrogens with one attached hydrogen (secondary N) is 1. The van der Waals surface area contributed by atoms with Crippen LogP contribution in [0.15, 0.2) is 36.7 Å². The average Bonchev–Trinajstić information content (AvgIpc) is 3.02. The van der Waals surface area contributed by atoms with E-state index in [4.69, 9.17) is 16.3 Å². The number of hydrogen-bond acceptors (Lipinski definition) is 3. The summed E-state index contributed by atoms with van der Waals surface area (Å²) < 4.78 is 7.67. The molecule has 1 saturated heterocycles. The van der Waals surface area contributed by atoms with Crippen molar-refractivity contribution in [2.24, 2.45) is 0 Å². The molecule has 4 nitrogen and oxygen atoms in total. The van der Waals surface area contributed by atoms with Gasteiger partial charge in [-0.2, -0.15) is 5.10 Å². The smallest absolute Gasteiger partial charge is 0.165 e. The van der Waals surface area contributed by atoms with Gasteiger partial charge < -0.3 is 10.1 Å². The number of hydrogen-bond donors (Lipinski definition) is 1. The Kier molecular flexibility index (Phi) is 3.21. The van der Waals surface area contributed by atoms with Gasteiger partial charge >= 0.3 is 0 Å². The normalized spacial score (nSPS) is 19.1. The first-order valence-electron chi connectivity index (χ1n) is 5.99. The highest BCUT2D eigenvalue weighted by Gasteiger charge is 2.17. The standard InChI is InChI=1S/C13H14ClN3O/c14-10-1-3-12(4-2-10)18-13-8-16-17(9-13)11-5-6-15-7-11/h1-4,8-9,11,15H,5-7H2. The molecule has 0 aliphatic carbocycles. The van der Waals surface area contributed by atoms with Gasteiger partial charge in [-0.05, 0) is 37.2 Å². The average molecular weight is 264 g/mol. The van der Waals surface area contributed by atoms with E-state index < -0.39 is 0 Å². The zero-order valence-electron chi connectivity index (χ0n) is 9.84. The molecule has 0 radical (unpaired) electrons. The summed E-state index contributed by atoms with van der Waals surface area (Å²) in [6.45, 7) is 2.03. The van der Waals surface area contributed by atoms with Gasteiger partial charge in [0.05, 0.1) is 18.4 Å². The molecular weight excluding hydrogens is 250 g/mol. The van der Waals surface area contributed by atoms with Crippen molar-refractivity contribution in [3.63, 3.8) is 0 Å². The molecule has 18 heavy (non-hydrogen) atoms. The Bertz CT molecular complexity index is 517. The first kappa shape index (κ1) is 11.6. The topological polar surface area (TPSA) is 39.1 Å². The maximum atomic E-state index is 5.83. The van der Waals surface area contributed by atoms with Crippen molar-refractivity contribution in [3.8, 4) is 11.5 Å². The fraction of sp³-hybridized carbons (Fsp3) is 0.308. The third-order valence-electron chi connectivity index (χ3n) is 3.04. The first-order chi connectivity index (χ1) is 8.81. The fourth-order valence-corrected chi connectivity index (χ4v) is 2.20. The van der Waals surface area contributed by atoms with Crippen molar-refractivity contribution in [3.05, 3.63) is 41.7 Å². The molecule has 1 atom stereocenters. The largest absolute Gasteiger partial charge is 0.454 e. The van der Waals surface area contributed by atoms with Crippen LogP contribution in [0.1, 0.15) is 12.5 Å². The number of nitrogens with zero attached hydrogens (tertiary/aromatic N) is 2. The summed E-state index contributed by atoms with van der Waals surface area (Å²) in [7, 11) is 0. The number of ether oxygens (including phenoxy) is 1. The molecule has 0 saturated carbocycles. The summed E-state index contributed by atoms with van der Waals surface area (Å²) in [6.07, 6.45) is 4.79. The van der Waals surface area contributed by atoms with Gasteiger partial charge in [-0.15, -0.1) is 0 Å². The molecule has 0 spiro atoms. The van der Waals surface area contributed by atoms with Crippen molar-refractivity contribution in [2.75, 3.05) is 13.1 Å². The zero-order chi connectivity index (χ0) is 12.4. The van der Waals surface area contributed by atoms with Gasteiger partial charge in [0.1, 0.15) is 5.75 Å². The summed E-state index contributed by atoms with van der Waals surface area (Å²) in [6, 6.07) is 7.74. The second-order valence-corrected chi connectivity index (χ2v) is 4.80. The highest BCUT2D eigenvalue weighted by Crippen LogP contribution is 2.24. The van der Waals surface area contributed by atoms with E-state index in [2.05, 4.69) is 10.4 Å². The summed E-state index contributed by atoms with van der Waals surface area (Å²) in [4.78, 5) is 0. The second kappa shape index (κ2) is 5.00. The molecule has 1 fully saturated rings. The Morgan fingerprint density at radius 3 is 2.83 bits per heavy atom. The van der Waals surface area contributed by atoms with Crippen molar-refractivity contribution in [2.45, 2.75) is 12.5 Å². The lowest BCUT2D eigenvalue weighted by Crippen LogP contribution is -2.13. The third-order valence-corrected chi connectivity index (χ3v) is 3.29. The molecule has 1 aromatic carbocycles. The lowest BCUT2D eigenvalue weighted by molar-refractivity contribution is 0.469. The maximum absolute atomic E-state index is 5.83. The summed E-state index contributed by atoms with van der Waals surface area (Å²) in [5.74, 6) is 1.52. The molecule has 94 valence electrons. The van der Waals surface area contributed by atoms with E-state index in [1.165, 1.54) is 0 Å². The van der Waals surface area contributed by atoms with E-state index in [0.29, 0.717) is 11.1 Å². The van der Waals surface area contributed by atoms with Gasteiger partial charge in [-0.25, -0.2) is 0 Å². The molecule has 2 aromatic rings. The van der Waals surface area contributed by atoms with E-state index in [-0.39, 0.29) is 0 Å². The van der Waals surface area contributed by atoms with Crippen LogP contribution in [0.3, 0.4) is 0 Å². The van der Waals surface area contributed by atoms with Crippen molar-refractivity contribution in [1.82, 2.24) is 15.1 Å². The van der Waals surface area contributed by atoms with Crippen LogP contribution in [-0.2, 0) is 0 Å². The minimum absolute atomic E-state index is 0.438. The molecular formula is C13H14ClN3O. The first-order valence-corrected chi connectivity index (χ1v) is 6.37. The summed E-state index contributed by atoms with van der Waals surface area (Å²) in [5, 5.41) is 8.36. The van der Waals surface area contributed by atoms with E-state index in [0.717, 1.165) is 31.0 Å². The van der Waals surface area contributed by atoms with Gasteiger partial charge in [-0.1, -0.05) is 11.6 Å². The predicted octanol–water partition coefficient (Wildman–Crippen LogP) is 2.86. The number of aromatic nitrogens is 2. The van der Waals surface area contributed by atoms with Crippen LogP contribution in [0.2, 0.25) is 5.02 Å². The molecule has 3 rings (SSSR count). The van der Waals surface area contributed by atoms with E-state index in [1.54, 1.807) is 6.20 Å². The lowest BCUT2D eigenvalue weighted by Gasteiger charge is -2.07. The molecule has 1 aliphatic rings. The number of halogens is 1. The monoisotopic (exact) mass is 263 g/mol. The Balaban J connectivity index is 1.71. The number of benzene rings is 1. The Labute approximate surface area is 111 Å². The SMILES string of the molecule is Clc1ccc(Oc2cnn(C3CCNC3)c2)cc1. The van der Waals surface area contributed by atoms with Crippen LogP contribution >= 0.6 is 11.6 Å². The Hall–Kier alpha value is -1.52. The number of rotatable bonds is 3. The van der Waals surface area contributed by atoms with Crippen LogP contribution in [0, 0.1) is 0 Å². The molecule has 0 bridgehead atoms.